The Balaban J connectivity index is 2.36. The molecule has 3 rings (SSSR count). The number of hydrogen-bond donors (Lipinski definition) is 1. The first-order chi connectivity index (χ1) is 9.47. The van der Waals surface area contributed by atoms with Gasteiger partial charge in [-0.1, -0.05) is 17.7 Å². The Labute approximate surface area is 126 Å². The maximum absolute atomic E-state index is 5.86. The number of imidazole rings is 1. The highest BCUT2D eigenvalue weighted by molar-refractivity contribution is 9.10. The monoisotopic (exact) mass is 329 g/mol. The van der Waals surface area contributed by atoms with Gasteiger partial charge in [0.25, 0.3) is 0 Å². The van der Waals surface area contributed by atoms with E-state index in [1.165, 1.54) is 22.3 Å². The Bertz CT molecular complexity index is 795. The van der Waals surface area contributed by atoms with Crippen LogP contribution in [-0.2, 0) is 0 Å². The molecule has 2 heterocycles. The van der Waals surface area contributed by atoms with Crippen LogP contribution in [0.25, 0.3) is 16.9 Å². The number of pyridine rings is 1. The third-order valence-corrected chi connectivity index (χ3v) is 4.11. The van der Waals surface area contributed by atoms with Gasteiger partial charge in [0.15, 0.2) is 0 Å². The van der Waals surface area contributed by atoms with Crippen molar-refractivity contribution in [3.8, 4) is 11.4 Å². The quantitative estimate of drug-likeness (QED) is 0.724. The number of halogens is 1. The lowest BCUT2D eigenvalue weighted by Crippen LogP contribution is -1.96. The van der Waals surface area contributed by atoms with Crippen molar-refractivity contribution in [3.63, 3.8) is 0 Å². The predicted molar refractivity (Wildman–Crippen MR) is 87.0 cm³/mol. The minimum atomic E-state index is 0.738. The largest absolute Gasteiger partial charge is 0.399 e. The third kappa shape index (κ3) is 2.00. The van der Waals surface area contributed by atoms with Crippen molar-refractivity contribution in [3.05, 3.63) is 51.8 Å². The lowest BCUT2D eigenvalue weighted by molar-refractivity contribution is 1.14. The van der Waals surface area contributed by atoms with Crippen LogP contribution in [0, 0.1) is 20.8 Å². The summed E-state index contributed by atoms with van der Waals surface area (Å²) in [4.78, 5) is 4.68. The number of aromatic nitrogens is 2. The fourth-order valence-electron chi connectivity index (χ4n) is 2.77. The Morgan fingerprint density at radius 3 is 2.40 bits per heavy atom. The highest BCUT2D eigenvalue weighted by Crippen LogP contribution is 2.31. The number of aryl methyl sites for hydroxylation is 3. The van der Waals surface area contributed by atoms with Crippen LogP contribution in [0.4, 0.5) is 5.69 Å². The van der Waals surface area contributed by atoms with E-state index in [4.69, 9.17) is 5.73 Å². The van der Waals surface area contributed by atoms with E-state index in [0.29, 0.717) is 0 Å². The maximum atomic E-state index is 5.86. The summed E-state index contributed by atoms with van der Waals surface area (Å²) < 4.78 is 2.89. The molecule has 0 spiro atoms. The second kappa shape index (κ2) is 4.63. The van der Waals surface area contributed by atoms with Crippen LogP contribution in [0.1, 0.15) is 16.7 Å². The molecule has 0 fully saturated rings. The molecule has 0 atom stereocenters. The Morgan fingerprint density at radius 2 is 1.75 bits per heavy atom. The van der Waals surface area contributed by atoms with E-state index in [9.17, 15) is 0 Å². The maximum Gasteiger partial charge on any atom is 0.146 e. The van der Waals surface area contributed by atoms with E-state index >= 15 is 0 Å². The van der Waals surface area contributed by atoms with Crippen molar-refractivity contribution in [2.45, 2.75) is 20.8 Å². The summed E-state index contributed by atoms with van der Waals surface area (Å²) in [5.41, 5.74) is 12.5. The van der Waals surface area contributed by atoms with Crippen LogP contribution >= 0.6 is 15.9 Å². The highest BCUT2D eigenvalue weighted by Gasteiger charge is 2.15. The molecular weight excluding hydrogens is 314 g/mol. The van der Waals surface area contributed by atoms with Crippen molar-refractivity contribution >= 4 is 27.1 Å². The van der Waals surface area contributed by atoms with E-state index in [-0.39, 0.29) is 0 Å². The molecule has 3 nitrogen and oxygen atoms in total. The van der Waals surface area contributed by atoms with Gasteiger partial charge in [-0.2, -0.15) is 0 Å². The highest BCUT2D eigenvalue weighted by atomic mass is 79.9. The SMILES string of the molecule is Cc1cc(C)c(-c2nc(Br)c3cc(N)ccn23)c(C)c1. The van der Waals surface area contributed by atoms with Crippen LogP contribution in [0.5, 0.6) is 0 Å². The van der Waals surface area contributed by atoms with Gasteiger partial charge in [-0.15, -0.1) is 0 Å². The first-order valence-electron chi connectivity index (χ1n) is 6.48. The van der Waals surface area contributed by atoms with Crippen molar-refractivity contribution in [1.82, 2.24) is 9.38 Å². The number of benzene rings is 1. The van der Waals surface area contributed by atoms with Gasteiger partial charge < -0.3 is 5.73 Å². The van der Waals surface area contributed by atoms with Crippen molar-refractivity contribution < 1.29 is 0 Å². The number of fused-ring (bicyclic) bond motifs is 1. The lowest BCUT2D eigenvalue weighted by Gasteiger charge is -2.10. The molecule has 2 N–H and O–H groups in total. The topological polar surface area (TPSA) is 43.3 Å². The van der Waals surface area contributed by atoms with E-state index in [0.717, 1.165) is 21.6 Å². The number of nitrogens with two attached hydrogens (primary N) is 1. The predicted octanol–water partition coefficient (Wildman–Crippen LogP) is 4.27. The number of hydrogen-bond acceptors (Lipinski definition) is 2. The fourth-order valence-corrected chi connectivity index (χ4v) is 3.25. The molecule has 0 aliphatic rings. The first kappa shape index (κ1) is 13.2. The zero-order valence-electron chi connectivity index (χ0n) is 11.7. The van der Waals surface area contributed by atoms with E-state index in [1.807, 2.05) is 18.3 Å². The van der Waals surface area contributed by atoms with Crippen LogP contribution < -0.4 is 5.73 Å². The molecule has 0 aliphatic heterocycles. The average molecular weight is 330 g/mol. The summed E-state index contributed by atoms with van der Waals surface area (Å²) >= 11 is 3.53. The van der Waals surface area contributed by atoms with Gasteiger partial charge in [0.05, 0.1) is 5.52 Å². The van der Waals surface area contributed by atoms with Crippen LogP contribution in [0.15, 0.2) is 35.1 Å². The normalized spacial score (nSPS) is 11.2. The molecule has 4 heteroatoms. The molecule has 0 radical (unpaired) electrons. The van der Waals surface area contributed by atoms with Crippen LogP contribution in [0.3, 0.4) is 0 Å². The summed E-state index contributed by atoms with van der Waals surface area (Å²) in [6, 6.07) is 8.20. The minimum absolute atomic E-state index is 0.738. The summed E-state index contributed by atoms with van der Waals surface area (Å²) in [6.45, 7) is 6.37. The summed E-state index contributed by atoms with van der Waals surface area (Å²) in [5, 5.41) is 0. The minimum Gasteiger partial charge on any atom is -0.399 e. The molecular formula is C16H16BrN3. The second-order valence-electron chi connectivity index (χ2n) is 5.22. The number of rotatable bonds is 1. The number of nitrogen functional groups attached to an aromatic ring is 1. The molecule has 0 bridgehead atoms. The zero-order valence-corrected chi connectivity index (χ0v) is 13.3. The standard InChI is InChI=1S/C16H16BrN3/c1-9-6-10(2)14(11(3)7-9)16-19-15(17)13-8-12(18)4-5-20(13)16/h4-8H,18H2,1-3H3. The second-order valence-corrected chi connectivity index (χ2v) is 5.97. The third-order valence-electron chi connectivity index (χ3n) is 3.52. The molecule has 2 aromatic heterocycles. The van der Waals surface area contributed by atoms with Crippen molar-refractivity contribution in [2.75, 3.05) is 5.73 Å². The summed E-state index contributed by atoms with van der Waals surface area (Å²) in [5.74, 6) is 0.946. The molecule has 1 aromatic carbocycles. The lowest BCUT2D eigenvalue weighted by atomic mass is 9.99. The molecule has 0 unspecified atom stereocenters. The average Bonchev–Trinajstić information content (AvgIpc) is 2.65. The van der Waals surface area contributed by atoms with Gasteiger partial charge in [0.1, 0.15) is 10.4 Å². The van der Waals surface area contributed by atoms with Gasteiger partial charge in [0.2, 0.25) is 0 Å². The first-order valence-corrected chi connectivity index (χ1v) is 7.28. The van der Waals surface area contributed by atoms with Gasteiger partial charge in [-0.05, 0) is 60.0 Å². The molecule has 0 amide bonds. The summed E-state index contributed by atoms with van der Waals surface area (Å²) in [6.07, 6.45) is 1.97. The fraction of sp³-hybridized carbons (Fsp3) is 0.188. The smallest absolute Gasteiger partial charge is 0.146 e. The Morgan fingerprint density at radius 1 is 1.10 bits per heavy atom. The van der Waals surface area contributed by atoms with Gasteiger partial charge in [-0.25, -0.2) is 4.98 Å². The zero-order chi connectivity index (χ0) is 14.4. The van der Waals surface area contributed by atoms with Crippen LogP contribution in [0.2, 0.25) is 0 Å². The van der Waals surface area contributed by atoms with Crippen molar-refractivity contribution in [1.29, 1.82) is 0 Å². The molecule has 0 aliphatic carbocycles. The van der Waals surface area contributed by atoms with Crippen LogP contribution in [-0.4, -0.2) is 9.38 Å². The molecule has 0 saturated heterocycles. The summed E-state index contributed by atoms with van der Waals surface area (Å²) in [7, 11) is 0. The number of anilines is 1. The van der Waals surface area contributed by atoms with E-state index < -0.39 is 0 Å². The number of nitrogens with zero attached hydrogens (tertiary/aromatic N) is 2. The van der Waals surface area contributed by atoms with Gasteiger partial charge >= 0.3 is 0 Å². The van der Waals surface area contributed by atoms with Gasteiger partial charge in [-0.3, -0.25) is 4.40 Å². The Kier molecular flexibility index (Phi) is 3.05. The van der Waals surface area contributed by atoms with E-state index in [2.05, 4.69) is 58.2 Å². The Hall–Kier alpha value is -1.81. The molecule has 20 heavy (non-hydrogen) atoms. The molecule has 3 aromatic rings. The molecule has 102 valence electrons. The molecule has 0 saturated carbocycles. The van der Waals surface area contributed by atoms with Gasteiger partial charge in [0, 0.05) is 17.4 Å². The van der Waals surface area contributed by atoms with E-state index in [1.54, 1.807) is 0 Å². The van der Waals surface area contributed by atoms with Crippen molar-refractivity contribution in [2.24, 2.45) is 0 Å².